The third-order valence-electron chi connectivity index (χ3n) is 4.56. The zero-order valence-corrected chi connectivity index (χ0v) is 16.0. The summed E-state index contributed by atoms with van der Waals surface area (Å²) in [5, 5.41) is 7.52. The molecule has 0 radical (unpaired) electrons. The van der Waals surface area contributed by atoms with Crippen LogP contribution < -0.4 is 16.0 Å². The fraction of sp³-hybridized carbons (Fsp3) is 0.250. The summed E-state index contributed by atoms with van der Waals surface area (Å²) in [7, 11) is 0. The number of carbonyl (C=O) groups is 3. The lowest BCUT2D eigenvalue weighted by atomic mass is 10.1. The van der Waals surface area contributed by atoms with E-state index in [0.717, 1.165) is 41.3 Å². The fourth-order valence-corrected chi connectivity index (χ4v) is 3.02. The molecule has 1 aliphatic rings. The first-order chi connectivity index (χ1) is 14.6. The van der Waals surface area contributed by atoms with Gasteiger partial charge in [-0.15, -0.1) is 0 Å². The van der Waals surface area contributed by atoms with Crippen LogP contribution in [-0.2, 0) is 15.8 Å². The summed E-state index contributed by atoms with van der Waals surface area (Å²) >= 11 is 0. The van der Waals surface area contributed by atoms with Gasteiger partial charge in [0.05, 0.1) is 12.0 Å². The molecule has 11 heteroatoms. The lowest BCUT2D eigenvalue weighted by molar-refractivity contribution is -0.137. The molecule has 1 saturated heterocycles. The van der Waals surface area contributed by atoms with Crippen LogP contribution in [0.5, 0.6) is 0 Å². The number of piperazine rings is 1. The lowest BCUT2D eigenvalue weighted by Crippen LogP contribution is -2.59. The monoisotopic (exact) mass is 438 g/mol. The quantitative estimate of drug-likeness (QED) is 0.641. The van der Waals surface area contributed by atoms with Gasteiger partial charge in [0.15, 0.2) is 0 Å². The van der Waals surface area contributed by atoms with Crippen LogP contribution in [0.3, 0.4) is 0 Å². The Bertz CT molecular complexity index is 962. The van der Waals surface area contributed by atoms with Gasteiger partial charge in [0, 0.05) is 24.5 Å². The molecule has 2 aromatic carbocycles. The second-order valence-electron chi connectivity index (χ2n) is 6.76. The van der Waals surface area contributed by atoms with Crippen molar-refractivity contribution >= 4 is 29.2 Å². The number of urea groups is 1. The van der Waals surface area contributed by atoms with E-state index in [4.69, 9.17) is 0 Å². The molecule has 0 aromatic heterocycles. The van der Waals surface area contributed by atoms with E-state index in [2.05, 4.69) is 16.0 Å². The van der Waals surface area contributed by atoms with Gasteiger partial charge in [-0.05, 0) is 48.5 Å². The number of benzene rings is 2. The Kier molecular flexibility index (Phi) is 6.42. The average molecular weight is 438 g/mol. The van der Waals surface area contributed by atoms with Gasteiger partial charge in [-0.1, -0.05) is 0 Å². The zero-order chi connectivity index (χ0) is 22.6. The number of nitrogens with zero attached hydrogens (tertiary/aromatic N) is 1. The highest BCUT2D eigenvalue weighted by atomic mass is 19.4. The Hall–Kier alpha value is -3.63. The van der Waals surface area contributed by atoms with E-state index in [-0.39, 0.29) is 25.2 Å². The first-order valence-electron chi connectivity index (χ1n) is 9.21. The number of rotatable bonds is 4. The van der Waals surface area contributed by atoms with Crippen molar-refractivity contribution in [2.24, 2.45) is 0 Å². The minimum absolute atomic E-state index is 0.104. The molecule has 1 atom stereocenters. The van der Waals surface area contributed by atoms with Crippen LogP contribution in [0.2, 0.25) is 0 Å². The molecule has 2 aromatic rings. The van der Waals surface area contributed by atoms with E-state index < -0.39 is 41.4 Å². The Morgan fingerprint density at radius 3 is 2.19 bits per heavy atom. The van der Waals surface area contributed by atoms with Gasteiger partial charge in [0.1, 0.15) is 11.9 Å². The first-order valence-corrected chi connectivity index (χ1v) is 9.21. The highest BCUT2D eigenvalue weighted by Gasteiger charge is 2.35. The van der Waals surface area contributed by atoms with Crippen molar-refractivity contribution in [2.45, 2.75) is 18.6 Å². The number of amides is 4. The second kappa shape index (κ2) is 9.02. The molecule has 7 nitrogen and oxygen atoms in total. The standard InChI is InChI=1S/C20H18F4N4O3/c21-13-3-7-14(8-4-13)26-17(29)11-16-18(30)25-9-10-28(16)19(31)27-15-5-1-12(2-6-15)20(22,23)24/h1-8,16H,9-11H2,(H,25,30)(H,26,29)(H,27,31)/t16-/m0/s1. The number of carbonyl (C=O) groups excluding carboxylic acids is 3. The Morgan fingerprint density at radius 2 is 1.58 bits per heavy atom. The SMILES string of the molecule is O=C(C[C@H]1C(=O)NCCN1C(=O)Nc1ccc(C(F)(F)F)cc1)Nc1ccc(F)cc1. The van der Waals surface area contributed by atoms with E-state index >= 15 is 0 Å². The first kappa shape index (κ1) is 22.1. The summed E-state index contributed by atoms with van der Waals surface area (Å²) in [5.41, 5.74) is -0.431. The van der Waals surface area contributed by atoms with Crippen LogP contribution in [0, 0.1) is 5.82 Å². The van der Waals surface area contributed by atoms with Gasteiger partial charge in [-0.3, -0.25) is 9.59 Å². The van der Waals surface area contributed by atoms with Crippen molar-refractivity contribution in [3.05, 3.63) is 59.9 Å². The molecule has 164 valence electrons. The minimum Gasteiger partial charge on any atom is -0.353 e. The molecule has 0 saturated carbocycles. The normalized spacial score (nSPS) is 16.5. The van der Waals surface area contributed by atoms with Crippen LogP contribution in [0.25, 0.3) is 0 Å². The number of nitrogens with one attached hydrogen (secondary N) is 3. The van der Waals surface area contributed by atoms with Crippen molar-refractivity contribution in [2.75, 3.05) is 23.7 Å². The van der Waals surface area contributed by atoms with Crippen LogP contribution in [0.4, 0.5) is 33.7 Å². The number of alkyl halides is 3. The molecule has 31 heavy (non-hydrogen) atoms. The van der Waals surface area contributed by atoms with Gasteiger partial charge in [0.2, 0.25) is 11.8 Å². The molecule has 0 unspecified atom stereocenters. The van der Waals surface area contributed by atoms with Gasteiger partial charge < -0.3 is 20.9 Å². The summed E-state index contributed by atoms with van der Waals surface area (Å²) in [6, 6.07) is 7.02. The Balaban J connectivity index is 1.66. The summed E-state index contributed by atoms with van der Waals surface area (Å²) in [6.07, 6.45) is -4.86. The van der Waals surface area contributed by atoms with E-state index in [1.165, 1.54) is 12.1 Å². The number of hydrogen-bond donors (Lipinski definition) is 3. The average Bonchev–Trinajstić information content (AvgIpc) is 2.71. The van der Waals surface area contributed by atoms with E-state index in [1.807, 2.05) is 0 Å². The minimum atomic E-state index is -4.50. The van der Waals surface area contributed by atoms with Crippen molar-refractivity contribution in [1.82, 2.24) is 10.2 Å². The van der Waals surface area contributed by atoms with Crippen molar-refractivity contribution in [3.63, 3.8) is 0 Å². The third kappa shape index (κ3) is 5.71. The Labute approximate surface area is 174 Å². The maximum atomic E-state index is 13.0. The molecule has 3 N–H and O–H groups in total. The summed E-state index contributed by atoms with van der Waals surface area (Å²) in [4.78, 5) is 38.3. The Morgan fingerprint density at radius 1 is 1.00 bits per heavy atom. The molecule has 1 fully saturated rings. The van der Waals surface area contributed by atoms with E-state index in [1.54, 1.807) is 0 Å². The predicted molar refractivity (Wildman–Crippen MR) is 104 cm³/mol. The van der Waals surface area contributed by atoms with Gasteiger partial charge >= 0.3 is 12.2 Å². The molecular formula is C20H18F4N4O3. The molecule has 1 aliphatic heterocycles. The van der Waals surface area contributed by atoms with Crippen LogP contribution in [0.1, 0.15) is 12.0 Å². The van der Waals surface area contributed by atoms with Crippen molar-refractivity contribution in [3.8, 4) is 0 Å². The predicted octanol–water partition coefficient (Wildman–Crippen LogP) is 3.21. The van der Waals surface area contributed by atoms with Gasteiger partial charge in [-0.25, -0.2) is 9.18 Å². The second-order valence-corrected chi connectivity index (χ2v) is 6.76. The molecule has 0 spiro atoms. The molecule has 0 bridgehead atoms. The van der Waals surface area contributed by atoms with Crippen LogP contribution >= 0.6 is 0 Å². The number of anilines is 2. The highest BCUT2D eigenvalue weighted by molar-refractivity contribution is 5.99. The number of halogens is 4. The lowest BCUT2D eigenvalue weighted by Gasteiger charge is -2.34. The zero-order valence-electron chi connectivity index (χ0n) is 16.0. The molecule has 1 heterocycles. The third-order valence-corrected chi connectivity index (χ3v) is 4.56. The van der Waals surface area contributed by atoms with Crippen LogP contribution in [0.15, 0.2) is 48.5 Å². The fourth-order valence-electron chi connectivity index (χ4n) is 3.02. The summed E-state index contributed by atoms with van der Waals surface area (Å²) in [5.74, 6) is -1.58. The maximum Gasteiger partial charge on any atom is 0.416 e. The smallest absolute Gasteiger partial charge is 0.353 e. The topological polar surface area (TPSA) is 90.5 Å². The largest absolute Gasteiger partial charge is 0.416 e. The summed E-state index contributed by atoms with van der Waals surface area (Å²) < 4.78 is 51.0. The molecular weight excluding hydrogens is 420 g/mol. The molecule has 4 amide bonds. The van der Waals surface area contributed by atoms with Gasteiger partial charge in [-0.2, -0.15) is 13.2 Å². The van der Waals surface area contributed by atoms with Crippen molar-refractivity contribution in [1.29, 1.82) is 0 Å². The molecule has 0 aliphatic carbocycles. The van der Waals surface area contributed by atoms with E-state index in [9.17, 15) is 31.9 Å². The summed E-state index contributed by atoms with van der Waals surface area (Å²) in [6.45, 7) is 0.266. The van der Waals surface area contributed by atoms with Crippen LogP contribution in [-0.4, -0.2) is 41.9 Å². The molecule has 3 rings (SSSR count). The van der Waals surface area contributed by atoms with Crippen molar-refractivity contribution < 1.29 is 31.9 Å². The number of hydrogen-bond acceptors (Lipinski definition) is 3. The highest BCUT2D eigenvalue weighted by Crippen LogP contribution is 2.30. The van der Waals surface area contributed by atoms with E-state index in [0.29, 0.717) is 5.69 Å². The maximum absolute atomic E-state index is 13.0. The van der Waals surface area contributed by atoms with Gasteiger partial charge in [0.25, 0.3) is 0 Å².